The molecule has 0 bridgehead atoms. The van der Waals surface area contributed by atoms with Crippen molar-refractivity contribution < 1.29 is 0 Å². The Morgan fingerprint density at radius 1 is 0.857 bits per heavy atom. The molecule has 0 saturated heterocycles. The minimum atomic E-state index is 0. The first-order valence-electron chi connectivity index (χ1n) is 6.08. The van der Waals surface area contributed by atoms with Crippen LogP contribution in [0.4, 0.5) is 0 Å². The van der Waals surface area contributed by atoms with Gasteiger partial charge in [0.2, 0.25) is 0 Å². The van der Waals surface area contributed by atoms with Crippen molar-refractivity contribution >= 4 is 12.4 Å². The molecule has 0 aromatic rings. The third-order valence-electron chi connectivity index (χ3n) is 2.54. The fourth-order valence-corrected chi connectivity index (χ4v) is 1.80. The molecule has 88 valence electrons. The van der Waals surface area contributed by atoms with E-state index in [-0.39, 0.29) is 12.4 Å². The van der Waals surface area contributed by atoms with Crippen molar-refractivity contribution in [2.45, 2.75) is 71.8 Å². The fourth-order valence-electron chi connectivity index (χ4n) is 1.80. The summed E-state index contributed by atoms with van der Waals surface area (Å²) in [4.78, 5) is 0. The molecule has 1 atom stereocenters. The van der Waals surface area contributed by atoms with Crippen LogP contribution in [0, 0.1) is 0 Å². The Morgan fingerprint density at radius 2 is 1.57 bits per heavy atom. The van der Waals surface area contributed by atoms with E-state index < -0.39 is 0 Å². The number of unbranched alkanes of at least 4 members (excludes halogenated alkanes) is 3. The molecule has 0 fully saturated rings. The zero-order chi connectivity index (χ0) is 9.94. The Bertz CT molecular complexity index is 90.3. The van der Waals surface area contributed by atoms with Crippen molar-refractivity contribution in [3.05, 3.63) is 0 Å². The Hall–Kier alpha value is 0.250. The quantitative estimate of drug-likeness (QED) is 0.577. The molecule has 14 heavy (non-hydrogen) atoms. The van der Waals surface area contributed by atoms with Gasteiger partial charge in [0.15, 0.2) is 0 Å². The number of nitrogens with one attached hydrogen (secondary N) is 1. The maximum atomic E-state index is 3.56. The summed E-state index contributed by atoms with van der Waals surface area (Å²) in [6.45, 7) is 7.87. The second-order valence-corrected chi connectivity index (χ2v) is 3.89. The zero-order valence-electron chi connectivity index (χ0n) is 10.1. The maximum Gasteiger partial charge on any atom is 0.00668 e. The Kier molecular flexibility index (Phi) is 15.8. The monoisotopic (exact) mass is 221 g/mol. The zero-order valence-corrected chi connectivity index (χ0v) is 11.0. The van der Waals surface area contributed by atoms with Gasteiger partial charge in [0, 0.05) is 6.04 Å². The average molecular weight is 222 g/mol. The molecular formula is C12H28ClN. The molecular weight excluding hydrogens is 194 g/mol. The summed E-state index contributed by atoms with van der Waals surface area (Å²) < 4.78 is 0. The number of halogens is 1. The standard InChI is InChI=1S/C12H27N.ClH/c1-4-7-8-9-11-12(10-5-2)13-6-3;/h12-13H,4-11H2,1-3H3;1H. The largest absolute Gasteiger partial charge is 0.314 e. The lowest BCUT2D eigenvalue weighted by molar-refractivity contribution is 0.437. The fraction of sp³-hybridized carbons (Fsp3) is 1.00. The van der Waals surface area contributed by atoms with E-state index in [9.17, 15) is 0 Å². The molecule has 0 saturated carbocycles. The molecule has 0 amide bonds. The van der Waals surface area contributed by atoms with E-state index in [1.54, 1.807) is 0 Å². The van der Waals surface area contributed by atoms with E-state index in [1.807, 2.05) is 0 Å². The lowest BCUT2D eigenvalue weighted by Crippen LogP contribution is -2.28. The van der Waals surface area contributed by atoms with Crippen LogP contribution in [0.3, 0.4) is 0 Å². The number of rotatable bonds is 9. The van der Waals surface area contributed by atoms with E-state index in [1.165, 1.54) is 44.9 Å². The molecule has 0 aromatic heterocycles. The highest BCUT2D eigenvalue weighted by molar-refractivity contribution is 5.85. The van der Waals surface area contributed by atoms with E-state index in [0.717, 1.165) is 12.6 Å². The molecule has 2 heteroatoms. The van der Waals surface area contributed by atoms with Crippen molar-refractivity contribution in [3.63, 3.8) is 0 Å². The molecule has 1 nitrogen and oxygen atoms in total. The topological polar surface area (TPSA) is 12.0 Å². The highest BCUT2D eigenvalue weighted by atomic mass is 35.5. The third-order valence-corrected chi connectivity index (χ3v) is 2.54. The van der Waals surface area contributed by atoms with Crippen LogP contribution in [-0.2, 0) is 0 Å². The first-order chi connectivity index (χ1) is 6.35. The minimum Gasteiger partial charge on any atom is -0.314 e. The van der Waals surface area contributed by atoms with Gasteiger partial charge in [-0.2, -0.15) is 0 Å². The molecule has 0 radical (unpaired) electrons. The van der Waals surface area contributed by atoms with E-state index in [0.29, 0.717) is 0 Å². The van der Waals surface area contributed by atoms with Gasteiger partial charge in [0.05, 0.1) is 0 Å². The van der Waals surface area contributed by atoms with Crippen LogP contribution < -0.4 is 5.32 Å². The van der Waals surface area contributed by atoms with Gasteiger partial charge < -0.3 is 5.32 Å². The molecule has 0 heterocycles. The van der Waals surface area contributed by atoms with Crippen LogP contribution in [0.2, 0.25) is 0 Å². The summed E-state index contributed by atoms with van der Waals surface area (Å²) >= 11 is 0. The number of hydrogen-bond donors (Lipinski definition) is 1. The second-order valence-electron chi connectivity index (χ2n) is 3.89. The predicted molar refractivity (Wildman–Crippen MR) is 68.4 cm³/mol. The highest BCUT2D eigenvalue weighted by Gasteiger charge is 2.04. The summed E-state index contributed by atoms with van der Waals surface area (Å²) in [5.41, 5.74) is 0. The Labute approximate surface area is 96.5 Å². The summed E-state index contributed by atoms with van der Waals surface area (Å²) in [5, 5.41) is 3.56. The lowest BCUT2D eigenvalue weighted by atomic mass is 10.0. The molecule has 1 N–H and O–H groups in total. The van der Waals surface area contributed by atoms with Gasteiger partial charge in [-0.15, -0.1) is 12.4 Å². The SMILES string of the molecule is CCCCCCC(CCC)NCC.Cl. The predicted octanol–water partition coefficient (Wildman–Crippen LogP) is 4.16. The van der Waals surface area contributed by atoms with Crippen LogP contribution in [-0.4, -0.2) is 12.6 Å². The van der Waals surface area contributed by atoms with Gasteiger partial charge in [-0.05, 0) is 19.4 Å². The van der Waals surface area contributed by atoms with E-state index in [2.05, 4.69) is 26.1 Å². The van der Waals surface area contributed by atoms with Gasteiger partial charge in [0.1, 0.15) is 0 Å². The lowest BCUT2D eigenvalue weighted by Gasteiger charge is -2.16. The summed E-state index contributed by atoms with van der Waals surface area (Å²) in [6.07, 6.45) is 9.62. The van der Waals surface area contributed by atoms with E-state index >= 15 is 0 Å². The minimum absolute atomic E-state index is 0. The maximum absolute atomic E-state index is 3.56. The first-order valence-corrected chi connectivity index (χ1v) is 6.08. The average Bonchev–Trinajstić information content (AvgIpc) is 2.13. The molecule has 0 aliphatic carbocycles. The normalized spacial score (nSPS) is 12.2. The molecule has 0 aliphatic rings. The molecule has 0 spiro atoms. The second kappa shape index (κ2) is 13.2. The van der Waals surface area contributed by atoms with Crippen molar-refractivity contribution in [2.24, 2.45) is 0 Å². The van der Waals surface area contributed by atoms with Crippen molar-refractivity contribution in [1.29, 1.82) is 0 Å². The van der Waals surface area contributed by atoms with Crippen molar-refractivity contribution in [2.75, 3.05) is 6.54 Å². The van der Waals surface area contributed by atoms with Crippen LogP contribution in [0.5, 0.6) is 0 Å². The summed E-state index contributed by atoms with van der Waals surface area (Å²) in [5.74, 6) is 0. The van der Waals surface area contributed by atoms with Gasteiger partial charge in [-0.3, -0.25) is 0 Å². The summed E-state index contributed by atoms with van der Waals surface area (Å²) in [7, 11) is 0. The number of hydrogen-bond acceptors (Lipinski definition) is 1. The molecule has 1 unspecified atom stereocenters. The molecule has 0 aromatic carbocycles. The Balaban J connectivity index is 0. The van der Waals surface area contributed by atoms with Crippen LogP contribution >= 0.6 is 12.4 Å². The van der Waals surface area contributed by atoms with Crippen molar-refractivity contribution in [3.8, 4) is 0 Å². The smallest absolute Gasteiger partial charge is 0.00668 e. The third kappa shape index (κ3) is 10.3. The molecule has 0 rings (SSSR count). The van der Waals surface area contributed by atoms with Crippen molar-refractivity contribution in [1.82, 2.24) is 5.32 Å². The highest BCUT2D eigenvalue weighted by Crippen LogP contribution is 2.09. The molecule has 0 aliphatic heterocycles. The summed E-state index contributed by atoms with van der Waals surface area (Å²) in [6, 6.07) is 0.784. The first kappa shape index (κ1) is 16.7. The van der Waals surface area contributed by atoms with E-state index in [4.69, 9.17) is 0 Å². The Morgan fingerprint density at radius 3 is 2.07 bits per heavy atom. The van der Waals surface area contributed by atoms with Gasteiger partial charge in [-0.25, -0.2) is 0 Å². The van der Waals surface area contributed by atoms with Crippen LogP contribution in [0.25, 0.3) is 0 Å². The van der Waals surface area contributed by atoms with Gasteiger partial charge >= 0.3 is 0 Å². The van der Waals surface area contributed by atoms with Gasteiger partial charge in [0.25, 0.3) is 0 Å². The van der Waals surface area contributed by atoms with Gasteiger partial charge in [-0.1, -0.05) is 52.9 Å². The van der Waals surface area contributed by atoms with Crippen LogP contribution in [0.1, 0.15) is 65.7 Å². The van der Waals surface area contributed by atoms with Crippen LogP contribution in [0.15, 0.2) is 0 Å².